The SMILES string of the molecule is O=C(NCCc1ncn[nH]1)C1CC2CCC1N2. The van der Waals surface area contributed by atoms with Crippen molar-refractivity contribution in [3.05, 3.63) is 12.2 Å². The summed E-state index contributed by atoms with van der Waals surface area (Å²) in [5.74, 6) is 1.17. The van der Waals surface area contributed by atoms with Crippen LogP contribution in [0.4, 0.5) is 0 Å². The van der Waals surface area contributed by atoms with Gasteiger partial charge in [0, 0.05) is 25.0 Å². The van der Waals surface area contributed by atoms with Gasteiger partial charge in [0.25, 0.3) is 0 Å². The largest absolute Gasteiger partial charge is 0.355 e. The van der Waals surface area contributed by atoms with Gasteiger partial charge in [-0.25, -0.2) is 4.98 Å². The molecule has 3 atom stereocenters. The van der Waals surface area contributed by atoms with Gasteiger partial charge in [-0.2, -0.15) is 5.10 Å². The molecule has 1 aromatic rings. The maximum atomic E-state index is 12.0. The molecule has 2 aliphatic heterocycles. The highest BCUT2D eigenvalue weighted by molar-refractivity contribution is 5.80. The summed E-state index contributed by atoms with van der Waals surface area (Å²) < 4.78 is 0. The maximum absolute atomic E-state index is 12.0. The lowest BCUT2D eigenvalue weighted by Gasteiger charge is -2.19. The Morgan fingerprint density at radius 3 is 3.12 bits per heavy atom. The van der Waals surface area contributed by atoms with E-state index in [1.807, 2.05) is 0 Å². The number of H-pyrrole nitrogens is 1. The molecule has 0 radical (unpaired) electrons. The second-order valence-electron chi connectivity index (χ2n) is 4.86. The topological polar surface area (TPSA) is 82.7 Å². The van der Waals surface area contributed by atoms with Crippen molar-refractivity contribution in [2.24, 2.45) is 5.92 Å². The minimum absolute atomic E-state index is 0.170. The molecule has 92 valence electrons. The molecule has 17 heavy (non-hydrogen) atoms. The molecule has 3 N–H and O–H groups in total. The lowest BCUT2D eigenvalue weighted by molar-refractivity contribution is -0.125. The third-order valence-corrected chi connectivity index (χ3v) is 3.76. The molecule has 1 aromatic heterocycles. The van der Waals surface area contributed by atoms with E-state index in [-0.39, 0.29) is 11.8 Å². The van der Waals surface area contributed by atoms with Gasteiger partial charge in [-0.3, -0.25) is 9.89 Å². The highest BCUT2D eigenvalue weighted by atomic mass is 16.1. The van der Waals surface area contributed by atoms with E-state index >= 15 is 0 Å². The second-order valence-corrected chi connectivity index (χ2v) is 4.86. The van der Waals surface area contributed by atoms with E-state index in [4.69, 9.17) is 0 Å². The third kappa shape index (κ3) is 2.17. The van der Waals surface area contributed by atoms with Gasteiger partial charge < -0.3 is 10.6 Å². The Kier molecular flexibility index (Phi) is 2.80. The highest BCUT2D eigenvalue weighted by Crippen LogP contribution is 2.33. The molecule has 0 spiro atoms. The van der Waals surface area contributed by atoms with Crippen molar-refractivity contribution in [3.8, 4) is 0 Å². The molecule has 2 aliphatic rings. The highest BCUT2D eigenvalue weighted by Gasteiger charge is 2.42. The fraction of sp³-hybridized carbons (Fsp3) is 0.727. The second kappa shape index (κ2) is 4.44. The van der Waals surface area contributed by atoms with Crippen LogP contribution >= 0.6 is 0 Å². The summed E-state index contributed by atoms with van der Waals surface area (Å²) >= 11 is 0. The quantitative estimate of drug-likeness (QED) is 0.663. The van der Waals surface area contributed by atoms with Gasteiger partial charge in [0.2, 0.25) is 5.91 Å². The molecule has 0 aromatic carbocycles. The van der Waals surface area contributed by atoms with Crippen LogP contribution in [0.15, 0.2) is 6.33 Å². The zero-order valence-electron chi connectivity index (χ0n) is 9.65. The molecule has 6 nitrogen and oxygen atoms in total. The summed E-state index contributed by atoms with van der Waals surface area (Å²) in [5, 5.41) is 13.0. The van der Waals surface area contributed by atoms with Gasteiger partial charge in [0.05, 0.1) is 5.92 Å². The van der Waals surface area contributed by atoms with Crippen molar-refractivity contribution < 1.29 is 4.79 Å². The summed E-state index contributed by atoms with van der Waals surface area (Å²) in [6.45, 7) is 0.627. The number of carbonyl (C=O) groups is 1. The van der Waals surface area contributed by atoms with Crippen molar-refractivity contribution in [2.75, 3.05) is 6.54 Å². The number of hydrogen-bond donors (Lipinski definition) is 3. The van der Waals surface area contributed by atoms with E-state index in [1.54, 1.807) is 0 Å². The van der Waals surface area contributed by atoms with Crippen LogP contribution in [0, 0.1) is 5.92 Å². The van der Waals surface area contributed by atoms with E-state index in [9.17, 15) is 4.79 Å². The van der Waals surface area contributed by atoms with E-state index in [1.165, 1.54) is 12.7 Å². The summed E-state index contributed by atoms with van der Waals surface area (Å²) in [6, 6.07) is 0.982. The first-order valence-electron chi connectivity index (χ1n) is 6.21. The molecular weight excluding hydrogens is 218 g/mol. The van der Waals surface area contributed by atoms with Crippen molar-refractivity contribution in [2.45, 2.75) is 37.8 Å². The number of rotatable bonds is 4. The number of fused-ring (bicyclic) bond motifs is 2. The van der Waals surface area contributed by atoms with Crippen LogP contribution < -0.4 is 10.6 Å². The predicted octanol–water partition coefficient (Wildman–Crippen LogP) is -0.396. The standard InChI is InChI=1S/C11H17N5O/c17-11(8-5-7-1-2-9(8)15-7)12-4-3-10-13-6-14-16-10/h6-9,15H,1-5H2,(H,12,17)(H,13,14,16). The van der Waals surface area contributed by atoms with Crippen LogP contribution in [0.5, 0.6) is 0 Å². The maximum Gasteiger partial charge on any atom is 0.224 e. The lowest BCUT2D eigenvalue weighted by atomic mass is 9.88. The predicted molar refractivity (Wildman–Crippen MR) is 61.1 cm³/mol. The van der Waals surface area contributed by atoms with Crippen LogP contribution in [0.1, 0.15) is 25.1 Å². The van der Waals surface area contributed by atoms with E-state index < -0.39 is 0 Å². The van der Waals surface area contributed by atoms with Gasteiger partial charge in [-0.15, -0.1) is 0 Å². The average molecular weight is 235 g/mol. The third-order valence-electron chi connectivity index (χ3n) is 3.76. The van der Waals surface area contributed by atoms with Crippen LogP contribution in [-0.2, 0) is 11.2 Å². The first-order valence-corrected chi connectivity index (χ1v) is 6.21. The molecule has 0 aliphatic carbocycles. The number of nitrogens with zero attached hydrogens (tertiary/aromatic N) is 2. The summed E-state index contributed by atoms with van der Waals surface area (Å²) in [7, 11) is 0. The Labute approximate surface area is 99.6 Å². The molecule has 2 fully saturated rings. The molecule has 3 heterocycles. The fourth-order valence-electron chi connectivity index (χ4n) is 2.90. The van der Waals surface area contributed by atoms with Gasteiger partial charge >= 0.3 is 0 Å². The fourth-order valence-corrected chi connectivity index (χ4v) is 2.90. The summed E-state index contributed by atoms with van der Waals surface area (Å²) in [4.78, 5) is 16.0. The number of aromatic nitrogens is 3. The smallest absolute Gasteiger partial charge is 0.224 e. The Bertz CT molecular complexity index is 391. The van der Waals surface area contributed by atoms with Crippen molar-refractivity contribution in [3.63, 3.8) is 0 Å². The van der Waals surface area contributed by atoms with Crippen molar-refractivity contribution in [1.82, 2.24) is 25.8 Å². The van der Waals surface area contributed by atoms with E-state index in [2.05, 4.69) is 25.8 Å². The molecule has 2 bridgehead atoms. The number of aromatic amines is 1. The molecule has 0 saturated carbocycles. The lowest BCUT2D eigenvalue weighted by Crippen LogP contribution is -2.38. The van der Waals surface area contributed by atoms with Crippen LogP contribution in [0.2, 0.25) is 0 Å². The molecule has 2 saturated heterocycles. The summed E-state index contributed by atoms with van der Waals surface area (Å²) in [6.07, 6.45) is 5.56. The van der Waals surface area contributed by atoms with Crippen molar-refractivity contribution in [1.29, 1.82) is 0 Å². The molecular formula is C11H17N5O. The van der Waals surface area contributed by atoms with Gasteiger partial charge in [-0.1, -0.05) is 0 Å². The van der Waals surface area contributed by atoms with Gasteiger partial charge in [0.15, 0.2) is 0 Å². The molecule has 3 unspecified atom stereocenters. The number of carbonyl (C=O) groups excluding carboxylic acids is 1. The minimum atomic E-state index is 0.170. The van der Waals surface area contributed by atoms with Gasteiger partial charge in [0.1, 0.15) is 12.2 Å². The number of hydrogen-bond acceptors (Lipinski definition) is 4. The Morgan fingerprint density at radius 1 is 1.53 bits per heavy atom. The monoisotopic (exact) mass is 235 g/mol. The van der Waals surface area contributed by atoms with E-state index in [0.717, 1.165) is 18.7 Å². The zero-order chi connectivity index (χ0) is 11.7. The first-order chi connectivity index (χ1) is 8.33. The normalized spacial score (nSPS) is 30.7. The summed E-state index contributed by atoms with van der Waals surface area (Å²) in [5.41, 5.74) is 0. The average Bonchev–Trinajstić information content (AvgIpc) is 3.05. The number of nitrogens with one attached hydrogen (secondary N) is 3. The zero-order valence-corrected chi connectivity index (χ0v) is 9.65. The van der Waals surface area contributed by atoms with E-state index in [0.29, 0.717) is 25.0 Å². The Balaban J connectivity index is 1.45. The number of amides is 1. The van der Waals surface area contributed by atoms with Crippen LogP contribution in [-0.4, -0.2) is 39.7 Å². The van der Waals surface area contributed by atoms with Crippen LogP contribution in [0.3, 0.4) is 0 Å². The van der Waals surface area contributed by atoms with Gasteiger partial charge in [-0.05, 0) is 19.3 Å². The molecule has 3 rings (SSSR count). The molecule has 1 amide bonds. The van der Waals surface area contributed by atoms with Crippen LogP contribution in [0.25, 0.3) is 0 Å². The first kappa shape index (κ1) is 10.7. The minimum Gasteiger partial charge on any atom is -0.355 e. The Hall–Kier alpha value is -1.43. The Morgan fingerprint density at radius 2 is 2.47 bits per heavy atom. The molecule has 6 heteroatoms. The van der Waals surface area contributed by atoms with Crippen molar-refractivity contribution >= 4 is 5.91 Å².